The Morgan fingerprint density at radius 3 is 1.84 bits per heavy atom. The Morgan fingerprint density at radius 1 is 0.892 bits per heavy atom. The molecule has 0 spiro atoms. The Kier molecular flexibility index (Phi) is 9.22. The van der Waals surface area contributed by atoms with Crippen LogP contribution in [-0.2, 0) is 4.79 Å². The monoisotopic (exact) mass is 567 g/mol. The lowest BCUT2D eigenvalue weighted by Crippen LogP contribution is -2.40. The van der Waals surface area contributed by atoms with Gasteiger partial charge in [-0.1, -0.05) is 71.4 Å². The van der Waals surface area contributed by atoms with E-state index in [1.54, 1.807) is 55.6 Å². The molecule has 0 unspecified atom stereocenters. The van der Waals surface area contributed by atoms with Crippen molar-refractivity contribution >= 4 is 75.2 Å². The zero-order valence-corrected chi connectivity index (χ0v) is 23.1. The molecule has 0 radical (unpaired) electrons. The SMILES string of the molecule is COc1ccc(C(=O)CSC(=S)N2C/C(=C\c3ccc(Cl)cc3)C(=O)/C(=C/c3ccc(Cl)cc3)C2)cc1. The molecule has 3 aromatic carbocycles. The molecule has 1 aliphatic heterocycles. The number of benzene rings is 3. The maximum absolute atomic E-state index is 13.4. The van der Waals surface area contributed by atoms with Gasteiger partial charge in [0.15, 0.2) is 11.6 Å². The smallest absolute Gasteiger partial charge is 0.188 e. The molecule has 1 fully saturated rings. The van der Waals surface area contributed by atoms with Gasteiger partial charge in [0.1, 0.15) is 10.1 Å². The normalized spacial score (nSPS) is 15.8. The Labute approximate surface area is 235 Å². The van der Waals surface area contributed by atoms with Crippen molar-refractivity contribution < 1.29 is 14.3 Å². The summed E-state index contributed by atoms with van der Waals surface area (Å²) in [6.45, 7) is 0.698. The van der Waals surface area contributed by atoms with Gasteiger partial charge in [0.2, 0.25) is 0 Å². The topological polar surface area (TPSA) is 46.6 Å². The van der Waals surface area contributed by atoms with Crippen molar-refractivity contribution in [2.45, 2.75) is 0 Å². The lowest BCUT2D eigenvalue weighted by molar-refractivity contribution is -0.113. The van der Waals surface area contributed by atoms with Crippen LogP contribution in [-0.4, -0.2) is 46.7 Å². The summed E-state index contributed by atoms with van der Waals surface area (Å²) in [7, 11) is 1.58. The first kappa shape index (κ1) is 27.1. The minimum absolute atomic E-state index is 0.0306. The second-order valence-electron chi connectivity index (χ2n) is 8.33. The number of ketones is 2. The van der Waals surface area contributed by atoms with Crippen LogP contribution in [0.15, 0.2) is 83.9 Å². The summed E-state index contributed by atoms with van der Waals surface area (Å²) < 4.78 is 5.71. The molecule has 4 rings (SSSR count). The first-order chi connectivity index (χ1) is 17.8. The van der Waals surface area contributed by atoms with Crippen LogP contribution in [0, 0.1) is 0 Å². The van der Waals surface area contributed by atoms with Gasteiger partial charge in [-0.3, -0.25) is 9.59 Å². The molecule has 0 atom stereocenters. The predicted molar refractivity (Wildman–Crippen MR) is 158 cm³/mol. The maximum Gasteiger partial charge on any atom is 0.188 e. The van der Waals surface area contributed by atoms with E-state index >= 15 is 0 Å². The highest BCUT2D eigenvalue weighted by atomic mass is 35.5. The van der Waals surface area contributed by atoms with E-state index < -0.39 is 0 Å². The number of hydrogen-bond donors (Lipinski definition) is 0. The number of thiocarbonyl (C=S) groups is 1. The molecule has 188 valence electrons. The molecule has 0 aromatic heterocycles. The molecule has 0 aliphatic carbocycles. The number of carbonyl (C=O) groups is 2. The van der Waals surface area contributed by atoms with E-state index in [0.29, 0.717) is 49.9 Å². The van der Waals surface area contributed by atoms with Gasteiger partial charge in [0.05, 0.1) is 12.9 Å². The fraction of sp³-hybridized carbons (Fsp3) is 0.138. The number of piperidine rings is 1. The summed E-state index contributed by atoms with van der Waals surface area (Å²) in [5, 5.41) is 1.25. The third-order valence-electron chi connectivity index (χ3n) is 5.72. The number of rotatable bonds is 6. The first-order valence-corrected chi connectivity index (χ1v) is 13.5. The van der Waals surface area contributed by atoms with Crippen LogP contribution in [0.2, 0.25) is 10.0 Å². The lowest BCUT2D eigenvalue weighted by atomic mass is 9.94. The van der Waals surface area contributed by atoms with E-state index in [2.05, 4.69) is 0 Å². The van der Waals surface area contributed by atoms with Gasteiger partial charge in [-0.25, -0.2) is 0 Å². The molecule has 1 saturated heterocycles. The van der Waals surface area contributed by atoms with Gasteiger partial charge >= 0.3 is 0 Å². The Morgan fingerprint density at radius 2 is 1.38 bits per heavy atom. The van der Waals surface area contributed by atoms with E-state index in [1.165, 1.54) is 11.8 Å². The second-order valence-corrected chi connectivity index (χ2v) is 10.8. The lowest BCUT2D eigenvalue weighted by Gasteiger charge is -2.31. The molecule has 0 amide bonds. The summed E-state index contributed by atoms with van der Waals surface area (Å²) in [6, 6.07) is 21.6. The van der Waals surface area contributed by atoms with Crippen molar-refractivity contribution in [1.29, 1.82) is 0 Å². The number of carbonyl (C=O) groups excluding carboxylic acids is 2. The zero-order chi connectivity index (χ0) is 26.4. The third-order valence-corrected chi connectivity index (χ3v) is 7.75. The molecule has 1 heterocycles. The summed E-state index contributed by atoms with van der Waals surface area (Å²) >= 11 is 19.0. The van der Waals surface area contributed by atoms with E-state index in [9.17, 15) is 9.59 Å². The Balaban J connectivity index is 1.54. The number of likely N-dealkylation sites (tertiary alicyclic amines) is 1. The van der Waals surface area contributed by atoms with E-state index in [-0.39, 0.29) is 17.3 Å². The number of nitrogens with zero attached hydrogens (tertiary/aromatic N) is 1. The van der Waals surface area contributed by atoms with Gasteiger partial charge in [-0.2, -0.15) is 0 Å². The quantitative estimate of drug-likeness (QED) is 0.177. The minimum Gasteiger partial charge on any atom is -0.497 e. The summed E-state index contributed by atoms with van der Waals surface area (Å²) in [5.41, 5.74) is 3.55. The molecular weight excluding hydrogens is 545 g/mol. The number of Topliss-reactive ketones (excluding diaryl/α,β-unsaturated/α-hetero) is 2. The predicted octanol–water partition coefficient (Wildman–Crippen LogP) is 7.25. The zero-order valence-electron chi connectivity index (χ0n) is 19.9. The van der Waals surface area contributed by atoms with Crippen LogP contribution in [0.5, 0.6) is 5.75 Å². The molecule has 37 heavy (non-hydrogen) atoms. The minimum atomic E-state index is -0.0386. The van der Waals surface area contributed by atoms with Gasteiger partial charge in [-0.15, -0.1) is 0 Å². The van der Waals surface area contributed by atoms with E-state index in [4.69, 9.17) is 40.2 Å². The summed E-state index contributed by atoms with van der Waals surface area (Å²) in [5.74, 6) is 0.820. The third kappa shape index (κ3) is 7.33. The molecule has 4 nitrogen and oxygen atoms in total. The Hall–Kier alpha value is -2.90. The molecular formula is C29H23Cl2NO3S2. The van der Waals surface area contributed by atoms with Gasteiger partial charge < -0.3 is 9.64 Å². The van der Waals surface area contributed by atoms with Crippen LogP contribution in [0.1, 0.15) is 21.5 Å². The number of hydrogen-bond acceptors (Lipinski definition) is 5. The Bertz CT molecular complexity index is 1300. The van der Waals surface area contributed by atoms with Gasteiger partial charge in [-0.05, 0) is 71.8 Å². The van der Waals surface area contributed by atoms with Crippen LogP contribution in [0.25, 0.3) is 12.2 Å². The molecule has 0 saturated carbocycles. The van der Waals surface area contributed by atoms with Gasteiger partial charge in [0, 0.05) is 39.8 Å². The van der Waals surface area contributed by atoms with Crippen LogP contribution in [0.4, 0.5) is 0 Å². The highest BCUT2D eigenvalue weighted by molar-refractivity contribution is 8.23. The molecule has 3 aromatic rings. The van der Waals surface area contributed by atoms with Crippen molar-refractivity contribution in [3.05, 3.63) is 111 Å². The molecule has 8 heteroatoms. The largest absolute Gasteiger partial charge is 0.497 e. The van der Waals surface area contributed by atoms with E-state index in [0.717, 1.165) is 11.1 Å². The van der Waals surface area contributed by atoms with Crippen molar-refractivity contribution in [3.8, 4) is 5.75 Å². The standard InChI is InChI=1S/C29H23Cl2NO3S2/c1-35-26-12-6-21(7-13-26)27(33)18-37-29(36)32-16-22(14-19-2-8-24(30)9-3-19)28(34)23(17-32)15-20-4-10-25(31)11-5-20/h2-15H,16-18H2,1H3/b22-14+,23-15+. The highest BCUT2D eigenvalue weighted by Gasteiger charge is 2.28. The summed E-state index contributed by atoms with van der Waals surface area (Å²) in [6.07, 6.45) is 3.71. The van der Waals surface area contributed by atoms with Crippen molar-refractivity contribution in [1.82, 2.24) is 4.90 Å². The summed E-state index contributed by atoms with van der Waals surface area (Å²) in [4.78, 5) is 28.1. The fourth-order valence-corrected chi connectivity index (χ4v) is 5.06. The van der Waals surface area contributed by atoms with Crippen molar-refractivity contribution in [2.24, 2.45) is 0 Å². The average Bonchev–Trinajstić information content (AvgIpc) is 2.91. The average molecular weight is 569 g/mol. The van der Waals surface area contributed by atoms with Crippen LogP contribution < -0.4 is 4.74 Å². The van der Waals surface area contributed by atoms with Gasteiger partial charge in [0.25, 0.3) is 0 Å². The number of halogens is 2. The van der Waals surface area contributed by atoms with E-state index in [1.807, 2.05) is 41.3 Å². The highest BCUT2D eigenvalue weighted by Crippen LogP contribution is 2.26. The first-order valence-electron chi connectivity index (χ1n) is 11.4. The van der Waals surface area contributed by atoms with Crippen molar-refractivity contribution in [3.63, 3.8) is 0 Å². The van der Waals surface area contributed by atoms with Crippen LogP contribution >= 0.6 is 47.2 Å². The molecule has 1 aliphatic rings. The van der Waals surface area contributed by atoms with Crippen molar-refractivity contribution in [2.75, 3.05) is 26.0 Å². The second kappa shape index (κ2) is 12.6. The molecule has 0 bridgehead atoms. The maximum atomic E-state index is 13.4. The number of methoxy groups -OCH3 is 1. The van der Waals surface area contributed by atoms with Crippen LogP contribution in [0.3, 0.4) is 0 Å². The fourth-order valence-electron chi connectivity index (χ4n) is 3.77. The number of thioether (sulfide) groups is 1. The molecule has 0 N–H and O–H groups in total. The number of ether oxygens (including phenoxy) is 1.